The third kappa shape index (κ3) is 7.98. The van der Waals surface area contributed by atoms with E-state index < -0.39 is 24.3 Å². The minimum absolute atomic E-state index is 0.339. The molecular weight excluding hydrogens is 504 g/mol. The first kappa shape index (κ1) is 26.6. The Morgan fingerprint density at radius 2 is 1.48 bits per heavy atom. The van der Waals surface area contributed by atoms with Crippen LogP contribution in [0, 0.1) is 11.3 Å². The summed E-state index contributed by atoms with van der Waals surface area (Å²) < 4.78 is 64.4. The van der Waals surface area contributed by atoms with Crippen LogP contribution in [0.4, 0.5) is 26.3 Å². The van der Waals surface area contributed by atoms with Crippen molar-refractivity contribution in [3.63, 3.8) is 0 Å². The molecule has 172 valence electrons. The van der Waals surface area contributed by atoms with Crippen LogP contribution in [0.25, 0.3) is 0 Å². The average Bonchev–Trinajstić information content (AvgIpc) is 2.99. The highest BCUT2D eigenvalue weighted by Crippen LogP contribution is 2.42. The molecule has 0 aliphatic carbocycles. The number of carbonyl (C=O) groups is 2. The zero-order valence-corrected chi connectivity index (χ0v) is 17.1. The molecule has 1 aromatic rings. The van der Waals surface area contributed by atoms with E-state index in [1.54, 1.807) is 6.20 Å². The van der Waals surface area contributed by atoms with Gasteiger partial charge in [-0.1, -0.05) is 0 Å². The van der Waals surface area contributed by atoms with Crippen LogP contribution in [0.1, 0.15) is 31.2 Å². The van der Waals surface area contributed by atoms with E-state index in [1.165, 1.54) is 12.8 Å². The summed E-state index contributed by atoms with van der Waals surface area (Å²) in [6.07, 6.45) is -2.32. The molecule has 7 nitrogen and oxygen atoms in total. The largest absolute Gasteiger partial charge is 0.490 e. The van der Waals surface area contributed by atoms with Gasteiger partial charge < -0.3 is 15.5 Å². The fraction of sp³-hybridized carbons (Fsp3) is 0.529. The minimum atomic E-state index is -5.08. The number of rotatable bonds is 1. The molecule has 2 bridgehead atoms. The van der Waals surface area contributed by atoms with Crippen LogP contribution in [0.15, 0.2) is 22.9 Å². The number of fused-ring (bicyclic) bond motifs is 2. The number of pyridine rings is 1. The van der Waals surface area contributed by atoms with Gasteiger partial charge in [0.2, 0.25) is 0 Å². The van der Waals surface area contributed by atoms with E-state index in [1.807, 2.05) is 12.3 Å². The number of aromatic nitrogens is 1. The fourth-order valence-corrected chi connectivity index (χ4v) is 3.58. The summed E-state index contributed by atoms with van der Waals surface area (Å²) in [6.45, 7) is 0. The molecule has 0 radical (unpaired) electrons. The van der Waals surface area contributed by atoms with E-state index in [0.29, 0.717) is 12.1 Å². The van der Waals surface area contributed by atoms with E-state index in [0.717, 1.165) is 22.9 Å². The zero-order chi connectivity index (χ0) is 24.0. The maximum atomic E-state index is 10.6. The molecule has 0 saturated carbocycles. The van der Waals surface area contributed by atoms with Crippen LogP contribution in [0.2, 0.25) is 0 Å². The molecule has 14 heteroatoms. The third-order valence-corrected chi connectivity index (χ3v) is 4.91. The van der Waals surface area contributed by atoms with Gasteiger partial charge in [0.25, 0.3) is 0 Å². The van der Waals surface area contributed by atoms with E-state index in [2.05, 4.69) is 32.3 Å². The molecule has 1 unspecified atom stereocenters. The number of nitrogens with zero attached hydrogens (tertiary/aromatic N) is 2. The second-order valence-corrected chi connectivity index (χ2v) is 7.65. The van der Waals surface area contributed by atoms with Crippen molar-refractivity contribution in [2.24, 2.45) is 0 Å². The highest BCUT2D eigenvalue weighted by atomic mass is 79.9. The van der Waals surface area contributed by atoms with Gasteiger partial charge in [-0.3, -0.25) is 4.98 Å². The van der Waals surface area contributed by atoms with Gasteiger partial charge in [-0.15, -0.1) is 0 Å². The summed E-state index contributed by atoms with van der Waals surface area (Å²) in [4.78, 5) is 22.0. The van der Waals surface area contributed by atoms with Crippen molar-refractivity contribution in [2.75, 3.05) is 0 Å². The molecule has 31 heavy (non-hydrogen) atoms. The van der Waals surface area contributed by atoms with Crippen molar-refractivity contribution in [2.45, 2.75) is 55.5 Å². The van der Waals surface area contributed by atoms with E-state index >= 15 is 0 Å². The normalized spacial score (nSPS) is 24.6. The standard InChI is InChI=1S/C13H14BrN3.2C2HF3O2/c14-10-3-9(6-16-7-10)13(8-15)4-11-1-2-12(5-13)17-11;2*3-2(4,5)1(6)7/h3,6-7,11-12,17H,1-2,4-5H2;2*(H,6,7)/t11-,12+,13?;;. The first-order valence-corrected chi connectivity index (χ1v) is 9.28. The van der Waals surface area contributed by atoms with Crippen molar-refractivity contribution >= 4 is 27.9 Å². The van der Waals surface area contributed by atoms with Gasteiger partial charge in [-0.05, 0) is 53.2 Å². The Balaban J connectivity index is 0.000000288. The van der Waals surface area contributed by atoms with Gasteiger partial charge in [-0.2, -0.15) is 31.6 Å². The number of alkyl halides is 6. The summed E-state index contributed by atoms with van der Waals surface area (Å²) >= 11 is 3.44. The fourth-order valence-electron chi connectivity index (χ4n) is 3.21. The quantitative estimate of drug-likeness (QED) is 0.482. The number of hydrogen-bond acceptors (Lipinski definition) is 5. The smallest absolute Gasteiger partial charge is 0.475 e. The predicted octanol–water partition coefficient (Wildman–Crippen LogP) is 3.79. The first-order valence-electron chi connectivity index (χ1n) is 8.49. The Morgan fingerprint density at radius 3 is 1.81 bits per heavy atom. The lowest BCUT2D eigenvalue weighted by Crippen LogP contribution is -2.46. The Kier molecular flexibility index (Phi) is 8.83. The van der Waals surface area contributed by atoms with Gasteiger partial charge in [0.05, 0.1) is 11.5 Å². The van der Waals surface area contributed by atoms with Gasteiger partial charge in [0.1, 0.15) is 0 Å². The summed E-state index contributed by atoms with van der Waals surface area (Å²) in [5.74, 6) is -5.51. The van der Waals surface area contributed by atoms with Crippen molar-refractivity contribution in [3.05, 3.63) is 28.5 Å². The van der Waals surface area contributed by atoms with Crippen LogP contribution in [-0.4, -0.2) is 51.6 Å². The molecule has 0 amide bonds. The topological polar surface area (TPSA) is 123 Å². The highest BCUT2D eigenvalue weighted by molar-refractivity contribution is 9.10. The Bertz CT molecular complexity index is 804. The average molecular weight is 520 g/mol. The van der Waals surface area contributed by atoms with Crippen molar-refractivity contribution in [1.29, 1.82) is 5.26 Å². The van der Waals surface area contributed by atoms with Gasteiger partial charge >= 0.3 is 24.3 Å². The second-order valence-electron chi connectivity index (χ2n) is 6.74. The van der Waals surface area contributed by atoms with Crippen molar-refractivity contribution in [3.8, 4) is 6.07 Å². The highest BCUT2D eigenvalue weighted by Gasteiger charge is 2.45. The van der Waals surface area contributed by atoms with Gasteiger partial charge in [0.15, 0.2) is 0 Å². The van der Waals surface area contributed by atoms with Crippen LogP contribution >= 0.6 is 15.9 Å². The predicted molar refractivity (Wildman–Crippen MR) is 95.8 cm³/mol. The number of nitrogens with one attached hydrogen (secondary N) is 1. The molecule has 0 spiro atoms. The molecule has 2 aliphatic heterocycles. The summed E-state index contributed by atoms with van der Waals surface area (Å²) in [5.41, 5.74) is 0.723. The summed E-state index contributed by atoms with van der Waals surface area (Å²) in [5, 5.41) is 27.5. The van der Waals surface area contributed by atoms with Crippen LogP contribution in [0.3, 0.4) is 0 Å². The SMILES string of the molecule is N#CC1(c2cncc(Br)c2)C[C@H]2CC[C@@H](C1)N2.O=C(O)C(F)(F)F.O=C(O)C(F)(F)F. The van der Waals surface area contributed by atoms with Crippen LogP contribution < -0.4 is 5.32 Å². The Morgan fingerprint density at radius 1 is 1.06 bits per heavy atom. The number of hydrogen-bond donors (Lipinski definition) is 3. The Labute approximate surface area is 180 Å². The molecule has 3 rings (SSSR count). The maximum Gasteiger partial charge on any atom is 0.490 e. The number of aliphatic carboxylic acids is 2. The number of nitriles is 1. The maximum absolute atomic E-state index is 10.6. The lowest BCUT2D eigenvalue weighted by atomic mass is 9.72. The minimum Gasteiger partial charge on any atom is -0.475 e. The second kappa shape index (κ2) is 10.3. The third-order valence-electron chi connectivity index (χ3n) is 4.48. The molecule has 2 fully saturated rings. The number of piperidine rings is 1. The molecular formula is C17H16BrF6N3O4. The number of halogens is 7. The van der Waals surface area contributed by atoms with Crippen molar-refractivity contribution < 1.29 is 46.1 Å². The van der Waals surface area contributed by atoms with E-state index in [9.17, 15) is 31.6 Å². The lowest BCUT2D eigenvalue weighted by molar-refractivity contribution is -0.193. The van der Waals surface area contributed by atoms with Crippen molar-refractivity contribution in [1.82, 2.24) is 10.3 Å². The van der Waals surface area contributed by atoms with Gasteiger partial charge in [-0.25, -0.2) is 9.59 Å². The summed E-state index contributed by atoms with van der Waals surface area (Å²) in [6, 6.07) is 5.62. The van der Waals surface area contributed by atoms with Crippen LogP contribution in [-0.2, 0) is 15.0 Å². The molecule has 2 saturated heterocycles. The molecule has 3 atom stereocenters. The molecule has 2 aliphatic rings. The van der Waals surface area contributed by atoms with Crippen LogP contribution in [0.5, 0.6) is 0 Å². The molecule has 1 aromatic heterocycles. The molecule has 0 aromatic carbocycles. The number of carboxylic acid groups (broad SMARTS) is 2. The molecule has 3 N–H and O–H groups in total. The Hall–Kier alpha value is -2.40. The van der Waals surface area contributed by atoms with E-state index in [-0.39, 0.29) is 5.41 Å². The summed E-state index contributed by atoms with van der Waals surface area (Å²) in [7, 11) is 0. The van der Waals surface area contributed by atoms with E-state index in [4.69, 9.17) is 19.8 Å². The number of carboxylic acids is 2. The first-order chi connectivity index (χ1) is 14.1. The van der Waals surface area contributed by atoms with Gasteiger partial charge in [0, 0.05) is 29.0 Å². The zero-order valence-electron chi connectivity index (χ0n) is 15.5. The lowest BCUT2D eigenvalue weighted by Gasteiger charge is -2.36. The molecule has 3 heterocycles. The monoisotopic (exact) mass is 519 g/mol.